The third kappa shape index (κ3) is 3.21. The summed E-state index contributed by atoms with van der Waals surface area (Å²) in [5.74, 6) is 0.522. The molecule has 0 radical (unpaired) electrons. The van der Waals surface area contributed by atoms with Gasteiger partial charge < -0.3 is 19.9 Å². The highest BCUT2D eigenvalue weighted by Gasteiger charge is 2.36. The van der Waals surface area contributed by atoms with Crippen LogP contribution in [-0.2, 0) is 0 Å². The first-order valence-electron chi connectivity index (χ1n) is 9.36. The van der Waals surface area contributed by atoms with Gasteiger partial charge in [-0.2, -0.15) is 0 Å². The molecule has 3 atom stereocenters. The number of pyridine rings is 1. The summed E-state index contributed by atoms with van der Waals surface area (Å²) in [7, 11) is 3.83. The summed E-state index contributed by atoms with van der Waals surface area (Å²) in [6.45, 7) is 0. The molecular formula is C20H26N4O2. The van der Waals surface area contributed by atoms with Crippen molar-refractivity contribution in [2.45, 2.75) is 50.2 Å². The molecule has 138 valence electrons. The number of piperidine rings is 2. The second-order valence-corrected chi connectivity index (χ2v) is 7.41. The topological polar surface area (TPSA) is 70.2 Å². The normalized spacial score (nSPS) is 25.7. The van der Waals surface area contributed by atoms with Gasteiger partial charge in [-0.05, 0) is 50.9 Å². The molecule has 2 aromatic heterocycles. The summed E-state index contributed by atoms with van der Waals surface area (Å²) in [5.41, 5.74) is 2.36. The first-order chi connectivity index (χ1) is 12.7. The van der Waals surface area contributed by atoms with Crippen molar-refractivity contribution < 1.29 is 9.53 Å². The van der Waals surface area contributed by atoms with Gasteiger partial charge in [0.05, 0.1) is 7.11 Å². The van der Waals surface area contributed by atoms with E-state index in [4.69, 9.17) is 4.74 Å². The molecule has 2 aliphatic rings. The maximum absolute atomic E-state index is 12.7. The van der Waals surface area contributed by atoms with Gasteiger partial charge >= 0.3 is 0 Å². The van der Waals surface area contributed by atoms with Crippen molar-refractivity contribution >= 4 is 5.91 Å². The molecule has 2 unspecified atom stereocenters. The van der Waals surface area contributed by atoms with Gasteiger partial charge in [-0.15, -0.1) is 0 Å². The zero-order valence-corrected chi connectivity index (χ0v) is 15.4. The molecule has 2 aliphatic heterocycles. The predicted octanol–water partition coefficient (Wildman–Crippen LogP) is 2.83. The molecular weight excluding hydrogens is 328 g/mol. The molecule has 0 saturated carbocycles. The Morgan fingerprint density at radius 2 is 2.12 bits per heavy atom. The van der Waals surface area contributed by atoms with E-state index in [-0.39, 0.29) is 11.9 Å². The summed E-state index contributed by atoms with van der Waals surface area (Å²) in [5, 5.41) is 3.23. The van der Waals surface area contributed by atoms with Gasteiger partial charge in [0.1, 0.15) is 5.69 Å². The lowest BCUT2D eigenvalue weighted by Gasteiger charge is -2.47. The Bertz CT molecular complexity index is 774. The van der Waals surface area contributed by atoms with Crippen LogP contribution in [0.5, 0.6) is 5.88 Å². The molecule has 6 nitrogen and oxygen atoms in total. The van der Waals surface area contributed by atoms with E-state index in [0.29, 0.717) is 23.7 Å². The van der Waals surface area contributed by atoms with Crippen molar-refractivity contribution in [3.63, 3.8) is 0 Å². The van der Waals surface area contributed by atoms with Gasteiger partial charge in [-0.25, -0.2) is 4.98 Å². The standard InChI is InChI=1S/C20H26N4O2/c1-24-15-5-3-6-16(24)11-14(10-15)23-19(25)18-9-13(12-22-18)17-7-4-8-21-20(17)26-2/h4,7-9,12,14-16,22H,3,5-6,10-11H2,1-2H3,(H,23,25)/t14?,15-,16?/m1/s1. The fraction of sp³-hybridized carbons (Fsp3) is 0.500. The number of fused-ring (bicyclic) bond motifs is 2. The van der Waals surface area contributed by atoms with Crippen molar-refractivity contribution in [3.8, 4) is 17.0 Å². The first-order valence-corrected chi connectivity index (χ1v) is 9.36. The Hall–Kier alpha value is -2.34. The van der Waals surface area contributed by atoms with Crippen LogP contribution in [0.4, 0.5) is 0 Å². The fourth-order valence-corrected chi connectivity index (χ4v) is 4.45. The van der Waals surface area contributed by atoms with E-state index < -0.39 is 0 Å². The van der Waals surface area contributed by atoms with E-state index in [0.717, 1.165) is 24.0 Å². The Morgan fingerprint density at radius 3 is 2.85 bits per heavy atom. The minimum atomic E-state index is -0.0354. The molecule has 2 N–H and O–H groups in total. The summed E-state index contributed by atoms with van der Waals surface area (Å²) in [6.07, 6.45) is 9.41. The Kier molecular flexibility index (Phi) is 4.68. The van der Waals surface area contributed by atoms with Crippen molar-refractivity contribution in [1.29, 1.82) is 0 Å². The zero-order valence-electron chi connectivity index (χ0n) is 15.4. The van der Waals surface area contributed by atoms with Crippen molar-refractivity contribution in [2.24, 2.45) is 0 Å². The van der Waals surface area contributed by atoms with Gasteiger partial charge in [0, 0.05) is 41.6 Å². The summed E-state index contributed by atoms with van der Waals surface area (Å²) < 4.78 is 5.31. The maximum Gasteiger partial charge on any atom is 0.267 e. The number of hydrogen-bond acceptors (Lipinski definition) is 4. The lowest BCUT2D eigenvalue weighted by molar-refractivity contribution is 0.0462. The molecule has 6 heteroatoms. The number of ether oxygens (including phenoxy) is 1. The third-order valence-electron chi connectivity index (χ3n) is 5.88. The Balaban J connectivity index is 1.45. The lowest BCUT2D eigenvalue weighted by atomic mass is 9.82. The van der Waals surface area contributed by atoms with E-state index in [2.05, 4.69) is 27.2 Å². The molecule has 0 aliphatic carbocycles. The zero-order chi connectivity index (χ0) is 18.1. The highest BCUT2D eigenvalue weighted by Crippen LogP contribution is 2.33. The number of rotatable bonds is 4. The van der Waals surface area contributed by atoms with Crippen LogP contribution in [0.15, 0.2) is 30.6 Å². The van der Waals surface area contributed by atoms with Crippen molar-refractivity contribution in [2.75, 3.05) is 14.2 Å². The Labute approximate surface area is 154 Å². The number of aromatic nitrogens is 2. The van der Waals surface area contributed by atoms with Crippen LogP contribution in [0.2, 0.25) is 0 Å². The molecule has 2 aromatic rings. The Morgan fingerprint density at radius 1 is 1.35 bits per heavy atom. The van der Waals surface area contributed by atoms with Gasteiger partial charge in [0.2, 0.25) is 5.88 Å². The number of methoxy groups -OCH3 is 1. The first kappa shape index (κ1) is 17.1. The number of nitrogens with one attached hydrogen (secondary N) is 2. The maximum atomic E-state index is 12.7. The number of hydrogen-bond donors (Lipinski definition) is 2. The molecule has 2 fully saturated rings. The van der Waals surface area contributed by atoms with Crippen molar-refractivity contribution in [3.05, 3.63) is 36.3 Å². The number of carbonyl (C=O) groups excluding carboxylic acids is 1. The number of H-pyrrole nitrogens is 1. The number of carbonyl (C=O) groups is 1. The number of amides is 1. The molecule has 4 rings (SSSR count). The van der Waals surface area contributed by atoms with E-state index in [1.807, 2.05) is 24.4 Å². The van der Waals surface area contributed by atoms with Crippen LogP contribution < -0.4 is 10.1 Å². The van der Waals surface area contributed by atoms with Crippen LogP contribution in [0.25, 0.3) is 11.1 Å². The predicted molar refractivity (Wildman–Crippen MR) is 100 cm³/mol. The monoisotopic (exact) mass is 354 g/mol. The fourth-order valence-electron chi connectivity index (χ4n) is 4.45. The van der Waals surface area contributed by atoms with Gasteiger partial charge in [0.25, 0.3) is 5.91 Å². The second kappa shape index (κ2) is 7.11. The van der Waals surface area contributed by atoms with E-state index >= 15 is 0 Å². The molecule has 26 heavy (non-hydrogen) atoms. The van der Waals surface area contributed by atoms with E-state index in [1.54, 1.807) is 13.3 Å². The molecule has 1 amide bonds. The van der Waals surface area contributed by atoms with Crippen LogP contribution >= 0.6 is 0 Å². The van der Waals surface area contributed by atoms with Gasteiger partial charge in [-0.1, -0.05) is 6.42 Å². The van der Waals surface area contributed by atoms with Crippen LogP contribution in [0.1, 0.15) is 42.6 Å². The van der Waals surface area contributed by atoms with Crippen LogP contribution in [0.3, 0.4) is 0 Å². The second-order valence-electron chi connectivity index (χ2n) is 7.41. The van der Waals surface area contributed by atoms with Gasteiger partial charge in [-0.3, -0.25) is 4.79 Å². The average Bonchev–Trinajstić information content (AvgIpc) is 3.12. The summed E-state index contributed by atoms with van der Waals surface area (Å²) in [4.78, 5) is 22.5. The largest absolute Gasteiger partial charge is 0.481 e. The SMILES string of the molecule is COc1ncccc1-c1c[nH]c(C(=O)NC2CC3CCC[C@H](C2)N3C)c1. The third-order valence-corrected chi connectivity index (χ3v) is 5.88. The van der Waals surface area contributed by atoms with Crippen molar-refractivity contribution in [1.82, 2.24) is 20.2 Å². The number of aromatic amines is 1. The molecule has 2 saturated heterocycles. The van der Waals surface area contributed by atoms with Gasteiger partial charge in [0.15, 0.2) is 0 Å². The molecule has 0 aromatic carbocycles. The molecule has 0 spiro atoms. The minimum Gasteiger partial charge on any atom is -0.481 e. The van der Waals surface area contributed by atoms with Crippen LogP contribution in [-0.4, -0.2) is 53.1 Å². The van der Waals surface area contributed by atoms with E-state index in [1.165, 1.54) is 19.3 Å². The smallest absolute Gasteiger partial charge is 0.267 e. The van der Waals surface area contributed by atoms with E-state index in [9.17, 15) is 4.79 Å². The summed E-state index contributed by atoms with van der Waals surface area (Å²) >= 11 is 0. The molecule has 4 heterocycles. The molecule has 2 bridgehead atoms. The van der Waals surface area contributed by atoms with Crippen LogP contribution in [0, 0.1) is 0 Å². The summed E-state index contributed by atoms with van der Waals surface area (Å²) in [6, 6.07) is 7.13. The number of nitrogens with zero attached hydrogens (tertiary/aromatic N) is 2. The highest BCUT2D eigenvalue weighted by molar-refractivity contribution is 5.94. The average molecular weight is 354 g/mol. The minimum absolute atomic E-state index is 0.0354. The quantitative estimate of drug-likeness (QED) is 0.886. The lowest BCUT2D eigenvalue weighted by Crippen LogP contribution is -2.55. The highest BCUT2D eigenvalue weighted by atomic mass is 16.5.